The molecule has 0 radical (unpaired) electrons. The molecule has 0 saturated carbocycles. The van der Waals surface area contributed by atoms with Crippen molar-refractivity contribution in [3.8, 4) is 0 Å². The van der Waals surface area contributed by atoms with E-state index in [1.54, 1.807) is 4.90 Å². The van der Waals surface area contributed by atoms with E-state index in [1.165, 1.54) is 0 Å². The Morgan fingerprint density at radius 2 is 1.90 bits per heavy atom. The van der Waals surface area contributed by atoms with E-state index in [0.717, 1.165) is 23.9 Å². The summed E-state index contributed by atoms with van der Waals surface area (Å²) in [7, 11) is 1.02. The number of carbonyl (C=O) groups excluding carboxylic acids is 1. The van der Waals surface area contributed by atoms with E-state index in [9.17, 15) is 31.5 Å². The van der Waals surface area contributed by atoms with Crippen LogP contribution in [0, 0.1) is 11.6 Å². The van der Waals surface area contributed by atoms with Gasteiger partial charge in [-0.25, -0.2) is 18.3 Å². The fourth-order valence-electron chi connectivity index (χ4n) is 3.25. The summed E-state index contributed by atoms with van der Waals surface area (Å²) in [5.74, 6) is -3.43. The van der Waals surface area contributed by atoms with Crippen molar-refractivity contribution < 1.29 is 26.7 Å². The van der Waals surface area contributed by atoms with Crippen LogP contribution in [0.1, 0.15) is 24.7 Å². The van der Waals surface area contributed by atoms with E-state index in [0.29, 0.717) is 36.6 Å². The van der Waals surface area contributed by atoms with Gasteiger partial charge in [-0.2, -0.15) is 13.2 Å². The molecule has 1 aromatic carbocycles. The minimum Gasteiger partial charge on any atom is -0.322 e. The first-order valence-corrected chi connectivity index (χ1v) is 8.76. The normalized spacial score (nSPS) is 16.2. The number of halogens is 5. The number of hydrogen-bond acceptors (Lipinski definition) is 4. The summed E-state index contributed by atoms with van der Waals surface area (Å²) < 4.78 is 66.5. The fourth-order valence-corrected chi connectivity index (χ4v) is 3.25. The number of likely N-dealkylation sites (tertiary alicyclic amines) is 1. The predicted molar refractivity (Wildman–Crippen MR) is 92.2 cm³/mol. The quantitative estimate of drug-likeness (QED) is 0.771. The lowest BCUT2D eigenvalue weighted by Crippen LogP contribution is -2.41. The third kappa shape index (κ3) is 4.63. The van der Waals surface area contributed by atoms with Crippen LogP contribution in [0.2, 0.25) is 0 Å². The van der Waals surface area contributed by atoms with Crippen LogP contribution in [0.4, 0.5) is 27.6 Å². The maximum atomic E-state index is 13.6. The molecule has 158 valence electrons. The zero-order valence-corrected chi connectivity index (χ0v) is 15.3. The number of nitrogens with one attached hydrogen (secondary N) is 1. The highest BCUT2D eigenvalue weighted by molar-refractivity contribution is 5.92. The van der Waals surface area contributed by atoms with Crippen molar-refractivity contribution in [2.75, 3.05) is 25.0 Å². The highest BCUT2D eigenvalue weighted by atomic mass is 19.4. The molecule has 7 nitrogen and oxygen atoms in total. The topological polar surface area (TPSA) is 72.2 Å². The second kappa shape index (κ2) is 7.93. The molecule has 0 atom stereocenters. The molecule has 0 bridgehead atoms. The smallest absolute Gasteiger partial charge is 0.322 e. The number of aromatic nitrogens is 3. The lowest BCUT2D eigenvalue weighted by atomic mass is 10.1. The molecular formula is C17H18F5N5O2. The Morgan fingerprint density at radius 1 is 1.24 bits per heavy atom. The molecule has 2 heterocycles. The summed E-state index contributed by atoms with van der Waals surface area (Å²) in [6.45, 7) is 0.608. The summed E-state index contributed by atoms with van der Waals surface area (Å²) >= 11 is 0. The first kappa shape index (κ1) is 21.0. The Labute approximate surface area is 161 Å². The second-order valence-electron chi connectivity index (χ2n) is 6.79. The number of nitrogens with zero attached hydrogens (tertiary/aromatic N) is 4. The highest BCUT2D eigenvalue weighted by Gasteiger charge is 2.39. The van der Waals surface area contributed by atoms with Gasteiger partial charge in [-0.05, 0) is 25.0 Å². The van der Waals surface area contributed by atoms with Crippen LogP contribution in [0.25, 0.3) is 0 Å². The van der Waals surface area contributed by atoms with Crippen LogP contribution in [0.3, 0.4) is 0 Å². The van der Waals surface area contributed by atoms with E-state index in [1.807, 2.05) is 0 Å². The molecule has 1 aliphatic heterocycles. The van der Waals surface area contributed by atoms with Crippen molar-refractivity contribution in [2.24, 2.45) is 7.05 Å². The number of benzene rings is 1. The van der Waals surface area contributed by atoms with Gasteiger partial charge in [-0.15, -0.1) is 5.10 Å². The van der Waals surface area contributed by atoms with E-state index in [2.05, 4.69) is 10.4 Å². The number of amides is 1. The Morgan fingerprint density at radius 3 is 2.45 bits per heavy atom. The van der Waals surface area contributed by atoms with Gasteiger partial charge in [-0.3, -0.25) is 14.3 Å². The standard InChI is InChI=1S/C17H18F5N5O2/c1-25-15(17(20,21)22)24-27(16(25)29)11-4-6-26(7-5-11)9-14(28)23-13-3-2-10(18)8-12(13)19/h2-3,8,11H,4-7,9H2,1H3,(H,23,28). The number of rotatable bonds is 4. The van der Waals surface area contributed by atoms with Gasteiger partial charge in [0, 0.05) is 26.2 Å². The molecule has 0 spiro atoms. The Hall–Kier alpha value is -2.76. The molecule has 2 aromatic rings. The van der Waals surface area contributed by atoms with Crippen LogP contribution >= 0.6 is 0 Å². The van der Waals surface area contributed by atoms with Crippen molar-refractivity contribution in [1.29, 1.82) is 0 Å². The molecule has 1 saturated heterocycles. The number of alkyl halides is 3. The van der Waals surface area contributed by atoms with Crippen molar-refractivity contribution in [2.45, 2.75) is 25.1 Å². The number of anilines is 1. The summed E-state index contributed by atoms with van der Waals surface area (Å²) in [5, 5.41) is 5.78. The minimum absolute atomic E-state index is 0.0749. The maximum Gasteiger partial charge on any atom is 0.451 e. The van der Waals surface area contributed by atoms with Gasteiger partial charge in [0.2, 0.25) is 11.7 Å². The van der Waals surface area contributed by atoms with Crippen LogP contribution in [-0.4, -0.2) is 44.8 Å². The lowest BCUT2D eigenvalue weighted by molar-refractivity contribution is -0.147. The SMILES string of the molecule is Cn1c(C(F)(F)F)nn(C2CCN(CC(=O)Nc3ccc(F)cc3F)CC2)c1=O. The van der Waals surface area contributed by atoms with Crippen molar-refractivity contribution in [1.82, 2.24) is 19.2 Å². The van der Waals surface area contributed by atoms with Gasteiger partial charge < -0.3 is 5.32 Å². The Kier molecular flexibility index (Phi) is 5.73. The molecule has 1 amide bonds. The molecule has 1 N–H and O–H groups in total. The fraction of sp³-hybridized carbons (Fsp3) is 0.471. The van der Waals surface area contributed by atoms with Crippen LogP contribution < -0.4 is 11.0 Å². The average Bonchev–Trinajstić information content (AvgIpc) is 2.94. The molecule has 0 aliphatic carbocycles. The third-order valence-corrected chi connectivity index (χ3v) is 4.73. The van der Waals surface area contributed by atoms with Crippen molar-refractivity contribution in [3.63, 3.8) is 0 Å². The number of carbonyl (C=O) groups is 1. The van der Waals surface area contributed by atoms with Gasteiger partial charge in [-0.1, -0.05) is 0 Å². The highest BCUT2D eigenvalue weighted by Crippen LogP contribution is 2.28. The average molecular weight is 419 g/mol. The van der Waals surface area contributed by atoms with E-state index in [-0.39, 0.29) is 12.2 Å². The molecule has 12 heteroatoms. The second-order valence-corrected chi connectivity index (χ2v) is 6.79. The number of hydrogen-bond donors (Lipinski definition) is 1. The van der Waals surface area contributed by atoms with Crippen LogP contribution in [0.5, 0.6) is 0 Å². The molecule has 1 aromatic heterocycles. The summed E-state index contributed by atoms with van der Waals surface area (Å²) in [6.07, 6.45) is -4.08. The summed E-state index contributed by atoms with van der Waals surface area (Å²) in [5.41, 5.74) is -0.994. The molecule has 0 unspecified atom stereocenters. The van der Waals surface area contributed by atoms with Crippen LogP contribution in [-0.2, 0) is 18.0 Å². The monoisotopic (exact) mass is 419 g/mol. The van der Waals surface area contributed by atoms with Gasteiger partial charge in [0.1, 0.15) is 11.6 Å². The van der Waals surface area contributed by atoms with Crippen LogP contribution in [0.15, 0.2) is 23.0 Å². The van der Waals surface area contributed by atoms with E-state index in [4.69, 9.17) is 0 Å². The molecular weight excluding hydrogens is 401 g/mol. The van der Waals surface area contributed by atoms with Gasteiger partial charge in [0.05, 0.1) is 18.3 Å². The van der Waals surface area contributed by atoms with Gasteiger partial charge in [0.25, 0.3) is 0 Å². The Bertz CT molecular complexity index is 960. The predicted octanol–water partition coefficient (Wildman–Crippen LogP) is 2.15. The van der Waals surface area contributed by atoms with Crippen molar-refractivity contribution >= 4 is 11.6 Å². The Balaban J connectivity index is 1.58. The zero-order chi connectivity index (χ0) is 21.3. The van der Waals surface area contributed by atoms with E-state index < -0.39 is 41.3 Å². The third-order valence-electron chi connectivity index (χ3n) is 4.73. The van der Waals surface area contributed by atoms with Gasteiger partial charge in [0.15, 0.2) is 0 Å². The minimum atomic E-state index is -4.73. The number of piperidine rings is 1. The van der Waals surface area contributed by atoms with E-state index >= 15 is 0 Å². The first-order chi connectivity index (χ1) is 13.6. The van der Waals surface area contributed by atoms with Crippen molar-refractivity contribution in [3.05, 3.63) is 46.1 Å². The largest absolute Gasteiger partial charge is 0.451 e. The first-order valence-electron chi connectivity index (χ1n) is 8.76. The molecule has 1 fully saturated rings. The molecule has 1 aliphatic rings. The van der Waals surface area contributed by atoms with Gasteiger partial charge >= 0.3 is 11.9 Å². The lowest BCUT2D eigenvalue weighted by Gasteiger charge is -2.31. The summed E-state index contributed by atoms with van der Waals surface area (Å²) in [6, 6.07) is 2.27. The maximum absolute atomic E-state index is 13.6. The summed E-state index contributed by atoms with van der Waals surface area (Å²) in [4.78, 5) is 25.9. The zero-order valence-electron chi connectivity index (χ0n) is 15.3. The molecule has 3 rings (SSSR count). The molecule has 29 heavy (non-hydrogen) atoms.